The fourth-order valence-electron chi connectivity index (χ4n) is 4.88. The number of rotatable bonds is 8. The summed E-state index contributed by atoms with van der Waals surface area (Å²) in [4.78, 5) is 22.5. The molecule has 0 unspecified atom stereocenters. The average Bonchev–Trinajstić information content (AvgIpc) is 2.91. The number of piperidine rings is 2. The number of nitrogens with one attached hydrogen (secondary N) is 1. The van der Waals surface area contributed by atoms with Crippen molar-refractivity contribution in [2.24, 2.45) is 0 Å². The number of nitrogens with zero attached hydrogens (tertiary/aromatic N) is 6. The van der Waals surface area contributed by atoms with Gasteiger partial charge in [-0.2, -0.15) is 0 Å². The summed E-state index contributed by atoms with van der Waals surface area (Å²) < 4.78 is 20.4. The minimum absolute atomic E-state index is 0.0243. The zero-order valence-electron chi connectivity index (χ0n) is 21.1. The SMILES string of the molecule is C[C@@H](O)c1cc2cnc(Nc3ccc(O[C@H]4CCN(CCO)C[C@@H]4F)cn3)nc2c(N2CCCCC2)n1. The molecule has 10 nitrogen and oxygen atoms in total. The van der Waals surface area contributed by atoms with Gasteiger partial charge in [-0.1, -0.05) is 0 Å². The molecule has 2 aliphatic heterocycles. The predicted molar refractivity (Wildman–Crippen MR) is 139 cm³/mol. The molecule has 0 aromatic carbocycles. The highest BCUT2D eigenvalue weighted by Crippen LogP contribution is 2.29. The topological polar surface area (TPSA) is 120 Å². The number of hydrogen-bond acceptors (Lipinski definition) is 10. The number of aliphatic hydroxyl groups excluding tert-OH is 2. The number of anilines is 3. The number of aliphatic hydroxyl groups is 2. The zero-order chi connectivity index (χ0) is 25.8. The van der Waals surface area contributed by atoms with E-state index in [1.54, 1.807) is 31.5 Å². The van der Waals surface area contributed by atoms with E-state index in [4.69, 9.17) is 19.8 Å². The Morgan fingerprint density at radius 1 is 1.14 bits per heavy atom. The highest BCUT2D eigenvalue weighted by molar-refractivity contribution is 5.89. The third-order valence-electron chi connectivity index (χ3n) is 6.90. The molecule has 3 atom stereocenters. The molecule has 2 aliphatic rings. The number of β-amino-alcohol motifs (C(OH)–C–C–N with tert-alkyl or cyclic N) is 1. The summed E-state index contributed by atoms with van der Waals surface area (Å²) in [6.07, 6.45) is 4.90. The largest absolute Gasteiger partial charge is 0.486 e. The van der Waals surface area contributed by atoms with Gasteiger partial charge in [0.1, 0.15) is 29.4 Å². The van der Waals surface area contributed by atoms with Crippen molar-refractivity contribution in [1.82, 2.24) is 24.8 Å². The number of alkyl halides is 1. The minimum atomic E-state index is -1.12. The first-order valence-corrected chi connectivity index (χ1v) is 13.0. The van der Waals surface area contributed by atoms with E-state index in [0.29, 0.717) is 42.7 Å². The summed E-state index contributed by atoms with van der Waals surface area (Å²) in [5.41, 5.74) is 1.33. The summed E-state index contributed by atoms with van der Waals surface area (Å²) >= 11 is 0. The van der Waals surface area contributed by atoms with Crippen molar-refractivity contribution in [2.45, 2.75) is 51.0 Å². The summed E-state index contributed by atoms with van der Waals surface area (Å²) in [7, 11) is 0. The molecule has 0 bridgehead atoms. The highest BCUT2D eigenvalue weighted by Gasteiger charge is 2.30. The lowest BCUT2D eigenvalue weighted by Gasteiger charge is -2.34. The van der Waals surface area contributed by atoms with Crippen molar-refractivity contribution < 1.29 is 19.3 Å². The zero-order valence-corrected chi connectivity index (χ0v) is 21.1. The van der Waals surface area contributed by atoms with E-state index in [-0.39, 0.29) is 13.2 Å². The van der Waals surface area contributed by atoms with Crippen LogP contribution in [0, 0.1) is 0 Å². The van der Waals surface area contributed by atoms with Gasteiger partial charge in [0.05, 0.1) is 24.6 Å². The number of aromatic nitrogens is 4. The molecule has 11 heteroatoms. The Morgan fingerprint density at radius 3 is 2.68 bits per heavy atom. The molecule has 3 aromatic rings. The van der Waals surface area contributed by atoms with E-state index in [2.05, 4.69) is 20.2 Å². The summed E-state index contributed by atoms with van der Waals surface area (Å²) in [6.45, 7) is 4.95. The third-order valence-corrected chi connectivity index (χ3v) is 6.90. The lowest BCUT2D eigenvalue weighted by Crippen LogP contribution is -2.47. The Bertz CT molecular complexity index is 1190. The van der Waals surface area contributed by atoms with Crippen molar-refractivity contribution in [3.05, 3.63) is 36.3 Å². The van der Waals surface area contributed by atoms with Crippen molar-refractivity contribution >= 4 is 28.5 Å². The van der Waals surface area contributed by atoms with Crippen LogP contribution in [0.2, 0.25) is 0 Å². The minimum Gasteiger partial charge on any atom is -0.486 e. The van der Waals surface area contributed by atoms with Crippen molar-refractivity contribution in [3.8, 4) is 5.75 Å². The molecule has 2 saturated heterocycles. The second kappa shape index (κ2) is 11.5. The van der Waals surface area contributed by atoms with Crippen LogP contribution in [0.25, 0.3) is 10.9 Å². The van der Waals surface area contributed by atoms with Gasteiger partial charge in [0, 0.05) is 44.3 Å². The van der Waals surface area contributed by atoms with Gasteiger partial charge < -0.3 is 25.2 Å². The fraction of sp³-hybridized carbons (Fsp3) is 0.538. The van der Waals surface area contributed by atoms with Gasteiger partial charge in [0.25, 0.3) is 0 Å². The second-order valence-corrected chi connectivity index (χ2v) is 9.72. The van der Waals surface area contributed by atoms with Gasteiger partial charge in [-0.05, 0) is 50.8 Å². The molecule has 198 valence electrons. The maximum absolute atomic E-state index is 14.5. The van der Waals surface area contributed by atoms with Crippen molar-refractivity contribution in [1.29, 1.82) is 0 Å². The number of ether oxygens (including phenoxy) is 1. The molecule has 0 amide bonds. The summed E-state index contributed by atoms with van der Waals surface area (Å²) in [6, 6.07) is 5.32. The van der Waals surface area contributed by atoms with Crippen LogP contribution in [0.5, 0.6) is 5.75 Å². The van der Waals surface area contributed by atoms with Gasteiger partial charge in [-0.25, -0.2) is 24.3 Å². The number of fused-ring (bicyclic) bond motifs is 1. The molecule has 3 N–H and O–H groups in total. The second-order valence-electron chi connectivity index (χ2n) is 9.72. The molecule has 2 fully saturated rings. The number of halogens is 1. The first-order valence-electron chi connectivity index (χ1n) is 13.0. The van der Waals surface area contributed by atoms with Crippen LogP contribution in [0.3, 0.4) is 0 Å². The molecule has 3 aromatic heterocycles. The lowest BCUT2D eigenvalue weighted by molar-refractivity contribution is 0.0166. The molecule has 5 rings (SSSR count). The monoisotopic (exact) mass is 511 g/mol. The Kier molecular flexibility index (Phi) is 7.92. The number of pyridine rings is 2. The van der Waals surface area contributed by atoms with E-state index in [9.17, 15) is 9.50 Å². The van der Waals surface area contributed by atoms with E-state index in [0.717, 1.165) is 42.7 Å². The summed E-state index contributed by atoms with van der Waals surface area (Å²) in [5.74, 6) is 2.18. The predicted octanol–water partition coefficient (Wildman–Crippen LogP) is 2.99. The van der Waals surface area contributed by atoms with Crippen molar-refractivity contribution in [2.75, 3.05) is 49.5 Å². The molecular weight excluding hydrogens is 477 g/mol. The maximum atomic E-state index is 14.5. The van der Waals surface area contributed by atoms with E-state index >= 15 is 0 Å². The van der Waals surface area contributed by atoms with E-state index in [1.165, 1.54) is 6.42 Å². The Labute approximate surface area is 215 Å². The normalized spacial score (nSPS) is 21.7. The highest BCUT2D eigenvalue weighted by atomic mass is 19.1. The van der Waals surface area contributed by atoms with Crippen LogP contribution in [-0.2, 0) is 0 Å². The Hall–Kier alpha value is -3.15. The molecule has 0 aliphatic carbocycles. The third kappa shape index (κ3) is 6.06. The van der Waals surface area contributed by atoms with Gasteiger partial charge in [-0.3, -0.25) is 4.90 Å². The number of likely N-dealkylation sites (tertiary alicyclic amines) is 1. The Balaban J connectivity index is 1.30. The van der Waals surface area contributed by atoms with E-state index in [1.807, 2.05) is 11.0 Å². The fourth-order valence-corrected chi connectivity index (χ4v) is 4.88. The molecule has 0 radical (unpaired) electrons. The number of hydrogen-bond donors (Lipinski definition) is 3. The van der Waals surface area contributed by atoms with Crippen LogP contribution in [0.15, 0.2) is 30.6 Å². The summed E-state index contributed by atoms with van der Waals surface area (Å²) in [5, 5.41) is 23.2. The molecule has 0 saturated carbocycles. The van der Waals surface area contributed by atoms with Crippen molar-refractivity contribution in [3.63, 3.8) is 0 Å². The van der Waals surface area contributed by atoms with Gasteiger partial charge >= 0.3 is 0 Å². The van der Waals surface area contributed by atoms with Crippen LogP contribution < -0.4 is 15.0 Å². The standard InChI is InChI=1S/C26H34FN7O3/c1-17(36)21-13-18-14-29-26(32-24(18)25(30-21)34-8-3-2-4-9-34)31-23-6-5-19(15-28-23)37-22-7-10-33(11-12-35)16-20(22)27/h5-6,13-15,17,20,22,35-36H,2-4,7-12,16H2,1H3,(H,28,29,31,32)/t17-,20+,22+/m1/s1. The maximum Gasteiger partial charge on any atom is 0.229 e. The van der Waals surface area contributed by atoms with Gasteiger partial charge in [0.15, 0.2) is 5.82 Å². The van der Waals surface area contributed by atoms with Crippen LogP contribution in [-0.4, -0.2) is 86.7 Å². The molecule has 5 heterocycles. The lowest BCUT2D eigenvalue weighted by atomic mass is 10.1. The smallest absolute Gasteiger partial charge is 0.229 e. The van der Waals surface area contributed by atoms with Gasteiger partial charge in [-0.15, -0.1) is 0 Å². The molecule has 0 spiro atoms. The van der Waals surface area contributed by atoms with Crippen LogP contribution in [0.1, 0.15) is 44.4 Å². The first-order chi connectivity index (χ1) is 18.0. The van der Waals surface area contributed by atoms with E-state index < -0.39 is 18.4 Å². The quantitative estimate of drug-likeness (QED) is 0.416. The molecular formula is C26H34FN7O3. The first kappa shape index (κ1) is 25.5. The van der Waals surface area contributed by atoms with Crippen LogP contribution in [0.4, 0.5) is 22.0 Å². The molecule has 37 heavy (non-hydrogen) atoms. The van der Waals surface area contributed by atoms with Crippen LogP contribution >= 0.6 is 0 Å². The Morgan fingerprint density at radius 2 is 1.97 bits per heavy atom. The van der Waals surface area contributed by atoms with Gasteiger partial charge in [0.2, 0.25) is 5.95 Å². The average molecular weight is 512 g/mol.